The number of amides is 1. The highest BCUT2D eigenvalue weighted by atomic mass is 32.2. The first-order valence-corrected chi connectivity index (χ1v) is 6.92. The highest BCUT2D eigenvalue weighted by Gasteiger charge is 2.20. The standard InChI is InChI=1S/C13H19N3O2S/c1-13(2,3)10(16-18-12(17)14-4)9-19-11-7-5-6-8-15-11/h5-8H,9H2,1-4H3,(H,14,17). The molecule has 0 saturated carbocycles. The Hall–Kier alpha value is -1.56. The van der Waals surface area contributed by atoms with Crippen molar-refractivity contribution in [2.45, 2.75) is 25.8 Å². The molecule has 0 aliphatic carbocycles. The van der Waals surface area contributed by atoms with E-state index in [-0.39, 0.29) is 5.41 Å². The Balaban J connectivity index is 2.68. The second-order valence-electron chi connectivity index (χ2n) is 4.87. The van der Waals surface area contributed by atoms with Gasteiger partial charge in [0, 0.05) is 24.4 Å². The van der Waals surface area contributed by atoms with Crippen molar-refractivity contribution in [3.8, 4) is 0 Å². The van der Waals surface area contributed by atoms with Gasteiger partial charge in [-0.05, 0) is 12.1 Å². The quantitative estimate of drug-likeness (QED) is 0.399. The lowest BCUT2D eigenvalue weighted by Gasteiger charge is -2.20. The van der Waals surface area contributed by atoms with Crippen molar-refractivity contribution in [2.24, 2.45) is 10.6 Å². The van der Waals surface area contributed by atoms with Gasteiger partial charge in [0.2, 0.25) is 0 Å². The maximum Gasteiger partial charge on any atom is 0.433 e. The van der Waals surface area contributed by atoms with E-state index in [1.165, 1.54) is 7.05 Å². The van der Waals surface area contributed by atoms with Crippen molar-refractivity contribution in [2.75, 3.05) is 12.8 Å². The summed E-state index contributed by atoms with van der Waals surface area (Å²) in [7, 11) is 1.50. The van der Waals surface area contributed by atoms with Crippen LogP contribution in [0.1, 0.15) is 20.8 Å². The van der Waals surface area contributed by atoms with Crippen molar-refractivity contribution in [3.63, 3.8) is 0 Å². The van der Waals surface area contributed by atoms with Gasteiger partial charge in [-0.1, -0.05) is 32.0 Å². The molecule has 1 aromatic heterocycles. The summed E-state index contributed by atoms with van der Waals surface area (Å²) in [6, 6.07) is 5.74. The summed E-state index contributed by atoms with van der Waals surface area (Å²) in [6.45, 7) is 6.08. The first-order valence-electron chi connectivity index (χ1n) is 5.93. The second kappa shape index (κ2) is 7.13. The molecule has 1 amide bonds. The molecule has 0 aromatic carbocycles. The van der Waals surface area contributed by atoms with E-state index in [1.807, 2.05) is 39.0 Å². The molecule has 0 fully saturated rings. The van der Waals surface area contributed by atoms with Gasteiger partial charge in [-0.2, -0.15) is 0 Å². The summed E-state index contributed by atoms with van der Waals surface area (Å²) in [6.07, 6.45) is 1.18. The molecule has 0 unspecified atom stereocenters. The van der Waals surface area contributed by atoms with Gasteiger partial charge in [-0.25, -0.2) is 9.78 Å². The Labute approximate surface area is 117 Å². The average Bonchev–Trinajstić information content (AvgIpc) is 2.38. The summed E-state index contributed by atoms with van der Waals surface area (Å²) < 4.78 is 0. The van der Waals surface area contributed by atoms with Gasteiger partial charge >= 0.3 is 6.09 Å². The van der Waals surface area contributed by atoms with E-state index in [9.17, 15) is 4.79 Å². The molecule has 1 rings (SSSR count). The fourth-order valence-corrected chi connectivity index (χ4v) is 2.18. The molecule has 1 aromatic rings. The van der Waals surface area contributed by atoms with Gasteiger partial charge in [0.25, 0.3) is 0 Å². The van der Waals surface area contributed by atoms with Crippen LogP contribution in [0.2, 0.25) is 0 Å². The molecular weight excluding hydrogens is 262 g/mol. The number of nitrogens with zero attached hydrogens (tertiary/aromatic N) is 2. The van der Waals surface area contributed by atoms with Crippen molar-refractivity contribution < 1.29 is 9.63 Å². The van der Waals surface area contributed by atoms with E-state index in [1.54, 1.807) is 18.0 Å². The molecule has 5 nitrogen and oxygen atoms in total. The molecule has 0 spiro atoms. The van der Waals surface area contributed by atoms with E-state index in [4.69, 9.17) is 4.84 Å². The molecule has 0 bridgehead atoms. The molecule has 6 heteroatoms. The second-order valence-corrected chi connectivity index (χ2v) is 5.87. The van der Waals surface area contributed by atoms with Gasteiger partial charge in [0.15, 0.2) is 0 Å². The minimum atomic E-state index is -0.565. The SMILES string of the molecule is CNC(=O)ON=C(CSc1ccccn1)C(C)(C)C. The number of thioether (sulfide) groups is 1. The van der Waals surface area contributed by atoms with Gasteiger partial charge < -0.3 is 5.32 Å². The first-order chi connectivity index (χ1) is 8.93. The molecule has 1 heterocycles. The number of aromatic nitrogens is 1. The number of carbonyl (C=O) groups is 1. The fraction of sp³-hybridized carbons (Fsp3) is 0.462. The zero-order valence-corrected chi connectivity index (χ0v) is 12.5. The minimum absolute atomic E-state index is 0.171. The monoisotopic (exact) mass is 281 g/mol. The average molecular weight is 281 g/mol. The van der Waals surface area contributed by atoms with Gasteiger partial charge in [0.05, 0.1) is 10.7 Å². The van der Waals surface area contributed by atoms with Crippen LogP contribution in [0.15, 0.2) is 34.6 Å². The van der Waals surface area contributed by atoms with Crippen LogP contribution in [-0.4, -0.2) is 29.6 Å². The highest BCUT2D eigenvalue weighted by molar-refractivity contribution is 7.99. The smallest absolute Gasteiger partial charge is 0.323 e. The fourth-order valence-electron chi connectivity index (χ4n) is 1.10. The Morgan fingerprint density at radius 1 is 1.47 bits per heavy atom. The van der Waals surface area contributed by atoms with Gasteiger partial charge in [0.1, 0.15) is 0 Å². The Morgan fingerprint density at radius 2 is 2.21 bits per heavy atom. The van der Waals surface area contributed by atoms with E-state index in [2.05, 4.69) is 15.5 Å². The summed E-state index contributed by atoms with van der Waals surface area (Å²) in [4.78, 5) is 20.1. The molecule has 0 saturated heterocycles. The minimum Gasteiger partial charge on any atom is -0.323 e. The number of carbonyl (C=O) groups excluding carboxylic acids is 1. The molecule has 0 atom stereocenters. The third-order valence-corrected chi connectivity index (χ3v) is 3.26. The van der Waals surface area contributed by atoms with Crippen molar-refractivity contribution in [3.05, 3.63) is 24.4 Å². The summed E-state index contributed by atoms with van der Waals surface area (Å²) in [5.74, 6) is 0.623. The number of nitrogens with one attached hydrogen (secondary N) is 1. The zero-order valence-electron chi connectivity index (χ0n) is 11.6. The van der Waals surface area contributed by atoms with E-state index in [0.717, 1.165) is 10.7 Å². The summed E-state index contributed by atoms with van der Waals surface area (Å²) in [5, 5.41) is 7.21. The van der Waals surface area contributed by atoms with Crippen LogP contribution in [-0.2, 0) is 4.84 Å². The third kappa shape index (κ3) is 5.74. The van der Waals surface area contributed by atoms with Crippen LogP contribution in [0.5, 0.6) is 0 Å². The van der Waals surface area contributed by atoms with E-state index < -0.39 is 6.09 Å². The Bertz CT molecular complexity index is 441. The van der Waals surface area contributed by atoms with E-state index >= 15 is 0 Å². The molecule has 0 aliphatic rings. The number of pyridine rings is 1. The number of oxime groups is 1. The van der Waals surface area contributed by atoms with Crippen LogP contribution >= 0.6 is 11.8 Å². The van der Waals surface area contributed by atoms with Gasteiger partial charge in [-0.15, -0.1) is 11.8 Å². The predicted octanol–water partition coefficient (Wildman–Crippen LogP) is 2.93. The molecule has 104 valence electrons. The third-order valence-electron chi connectivity index (χ3n) is 2.30. The van der Waals surface area contributed by atoms with Gasteiger partial charge in [-0.3, -0.25) is 4.84 Å². The van der Waals surface area contributed by atoms with Crippen LogP contribution in [0.3, 0.4) is 0 Å². The maximum absolute atomic E-state index is 11.1. The molecule has 0 radical (unpaired) electrons. The largest absolute Gasteiger partial charge is 0.433 e. The normalized spacial score (nSPS) is 12.1. The van der Waals surface area contributed by atoms with E-state index in [0.29, 0.717) is 5.75 Å². The van der Waals surface area contributed by atoms with Crippen LogP contribution < -0.4 is 5.32 Å². The number of rotatable bonds is 4. The molecule has 0 aliphatic heterocycles. The van der Waals surface area contributed by atoms with Crippen LogP contribution in [0, 0.1) is 5.41 Å². The lowest BCUT2D eigenvalue weighted by molar-refractivity contribution is 0.152. The Kier molecular flexibility index (Phi) is 5.82. The lowest BCUT2D eigenvalue weighted by Crippen LogP contribution is -2.25. The van der Waals surface area contributed by atoms with Crippen molar-refractivity contribution in [1.29, 1.82) is 0 Å². The van der Waals surface area contributed by atoms with Crippen LogP contribution in [0.4, 0.5) is 4.79 Å². The molecular formula is C13H19N3O2S. The van der Waals surface area contributed by atoms with Crippen molar-refractivity contribution in [1.82, 2.24) is 10.3 Å². The number of hydrogen-bond acceptors (Lipinski definition) is 5. The maximum atomic E-state index is 11.1. The predicted molar refractivity (Wildman–Crippen MR) is 77.4 cm³/mol. The Morgan fingerprint density at radius 3 is 2.74 bits per heavy atom. The van der Waals surface area contributed by atoms with Crippen molar-refractivity contribution >= 4 is 23.6 Å². The highest BCUT2D eigenvalue weighted by Crippen LogP contribution is 2.23. The first kappa shape index (κ1) is 15.5. The summed E-state index contributed by atoms with van der Waals surface area (Å²) in [5.41, 5.74) is 0.627. The number of hydrogen-bond donors (Lipinski definition) is 1. The summed E-state index contributed by atoms with van der Waals surface area (Å²) >= 11 is 1.56. The zero-order chi connectivity index (χ0) is 14.3. The molecule has 1 N–H and O–H groups in total. The topological polar surface area (TPSA) is 63.6 Å². The molecule has 19 heavy (non-hydrogen) atoms. The lowest BCUT2D eigenvalue weighted by atomic mass is 9.91. The van der Waals surface area contributed by atoms with Crippen LogP contribution in [0.25, 0.3) is 0 Å².